The van der Waals surface area contributed by atoms with Crippen LogP contribution in [0.25, 0.3) is 88.7 Å². The summed E-state index contributed by atoms with van der Waals surface area (Å²) in [5.41, 5.74) is 40.2. The molecule has 0 spiro atoms. The van der Waals surface area contributed by atoms with Gasteiger partial charge >= 0.3 is 0 Å². The first-order valence-corrected chi connectivity index (χ1v) is 50.1. The van der Waals surface area contributed by atoms with Gasteiger partial charge in [0.05, 0.1) is 0 Å². The molecule has 3 aliphatic carbocycles. The van der Waals surface area contributed by atoms with Crippen molar-refractivity contribution in [2.24, 2.45) is 0 Å². The van der Waals surface area contributed by atoms with Gasteiger partial charge in [0.2, 0.25) is 0 Å². The van der Waals surface area contributed by atoms with Gasteiger partial charge in [-0.3, -0.25) is 0 Å². The molecule has 17 aromatic rings. The first-order valence-electron chi connectivity index (χ1n) is 50.1. The van der Waals surface area contributed by atoms with Crippen LogP contribution in [0.3, 0.4) is 0 Å². The smallest absolute Gasteiger partial charge is 0.0465 e. The summed E-state index contributed by atoms with van der Waals surface area (Å²) in [5, 5.41) is 2.73. The Kier molecular flexibility index (Phi) is 25.9. The molecule has 3 nitrogen and oxygen atoms in total. The van der Waals surface area contributed by atoms with Crippen LogP contribution in [0.2, 0.25) is 0 Å². The lowest BCUT2D eigenvalue weighted by Crippen LogP contribution is -2.26. The van der Waals surface area contributed by atoms with Crippen molar-refractivity contribution in [2.45, 2.75) is 192 Å². The second-order valence-corrected chi connectivity index (χ2v) is 38.2. The molecule has 660 valence electrons. The van der Waals surface area contributed by atoms with E-state index >= 15 is 0 Å². The molecule has 0 bridgehead atoms. The number of benzene rings is 17. The highest BCUT2D eigenvalue weighted by molar-refractivity contribution is 6.01. The summed E-state index contributed by atoms with van der Waals surface area (Å²) in [6.45, 7) is 11.8. The van der Waals surface area contributed by atoms with Crippen LogP contribution in [0, 0.1) is 0 Å². The van der Waals surface area contributed by atoms with Crippen LogP contribution in [0.5, 0.6) is 0 Å². The monoisotopic (exact) mass is 1730 g/mol. The third kappa shape index (κ3) is 17.3. The van der Waals surface area contributed by atoms with E-state index in [0.717, 1.165) is 65.5 Å². The molecule has 0 aliphatic heterocycles. The SMILES string of the molecule is CCCCCCC1(CCCCCC)c2ccccc2-c2ccc(N(c3ccccc3)c3ccc(-c4ccc(C(C)(c5ccc(-c6ccc(N(c7ccc(-c8ccc(-c9ccc(N(c%10ccccc%10)c%10ccccc%10)cc9)cc8)cc7)c7ccc8c(c7)C(CCCCCC)(CCCCCC)c7ccccc7-8)cc6)cc5)c5ccc(-c6cc7c(c8ccccc68)CC7)cc5)cc4)cc3)cc21. The Morgan fingerprint density at radius 3 is 0.797 bits per heavy atom. The first kappa shape index (κ1) is 87.4. The van der Waals surface area contributed by atoms with E-state index in [9.17, 15) is 0 Å². The number of rotatable bonds is 37. The molecule has 17 aromatic carbocycles. The summed E-state index contributed by atoms with van der Waals surface area (Å²) in [5.74, 6) is 0. The van der Waals surface area contributed by atoms with Crippen LogP contribution >= 0.6 is 0 Å². The fraction of sp³-hybridized carbons (Fsp3) is 0.231. The number of fused-ring (bicyclic) bond motifs is 9. The number of aryl methyl sites for hydroxylation is 2. The van der Waals surface area contributed by atoms with Crippen LogP contribution in [0.15, 0.2) is 400 Å². The second kappa shape index (κ2) is 39.4. The Labute approximate surface area is 791 Å². The van der Waals surface area contributed by atoms with Gasteiger partial charge in [-0.1, -0.05) is 422 Å². The quantitative estimate of drug-likeness (QED) is 0.0284. The number of hydrogen-bond donors (Lipinski definition) is 0. The molecule has 0 radical (unpaired) electrons. The van der Waals surface area contributed by atoms with Gasteiger partial charge in [0.1, 0.15) is 0 Å². The highest BCUT2D eigenvalue weighted by Gasteiger charge is 2.45. The lowest BCUT2D eigenvalue weighted by atomic mass is 9.70. The number of para-hydroxylation sites is 3. The molecule has 0 aromatic heterocycles. The summed E-state index contributed by atoms with van der Waals surface area (Å²) in [4.78, 5) is 7.33. The molecule has 0 amide bonds. The van der Waals surface area contributed by atoms with E-state index in [1.807, 2.05) is 0 Å². The van der Waals surface area contributed by atoms with Crippen molar-refractivity contribution >= 4 is 62.0 Å². The average Bonchev–Trinajstić information content (AvgIpc) is 1.56. The van der Waals surface area contributed by atoms with Crippen molar-refractivity contribution in [2.75, 3.05) is 14.7 Å². The third-order valence-electron chi connectivity index (χ3n) is 30.2. The molecule has 0 saturated carbocycles. The average molecular weight is 1730 g/mol. The molecule has 0 N–H and O–H groups in total. The molecule has 0 fully saturated rings. The van der Waals surface area contributed by atoms with E-state index in [-0.39, 0.29) is 10.8 Å². The van der Waals surface area contributed by atoms with Crippen molar-refractivity contribution in [1.29, 1.82) is 0 Å². The Hall–Kier alpha value is -13.6. The maximum absolute atomic E-state index is 2.60. The van der Waals surface area contributed by atoms with Gasteiger partial charge in [-0.15, -0.1) is 0 Å². The molecular formula is C130H125N3. The van der Waals surface area contributed by atoms with Gasteiger partial charge in [-0.25, -0.2) is 0 Å². The van der Waals surface area contributed by atoms with Crippen molar-refractivity contribution in [3.8, 4) is 77.9 Å². The molecular weight excluding hydrogens is 1600 g/mol. The highest BCUT2D eigenvalue weighted by Crippen LogP contribution is 2.59. The van der Waals surface area contributed by atoms with Gasteiger partial charge in [-0.05, 0) is 293 Å². The molecule has 0 heterocycles. The topological polar surface area (TPSA) is 9.72 Å². The molecule has 3 aliphatic rings. The number of anilines is 9. The summed E-state index contributed by atoms with van der Waals surface area (Å²) < 4.78 is 0. The number of unbranched alkanes of at least 4 members (excludes halogenated alkanes) is 12. The van der Waals surface area contributed by atoms with Crippen molar-refractivity contribution < 1.29 is 0 Å². The fourth-order valence-corrected chi connectivity index (χ4v) is 22.9. The van der Waals surface area contributed by atoms with Crippen LogP contribution in [0.1, 0.15) is 213 Å². The van der Waals surface area contributed by atoms with Crippen molar-refractivity contribution in [1.82, 2.24) is 0 Å². The van der Waals surface area contributed by atoms with Gasteiger partial charge in [-0.2, -0.15) is 0 Å². The standard InChI is InChI=1S/C130H125N3/c1-6-10-14-33-87-129(88-34-15-11-7-2)124-47-31-29-45-119(124)121-85-82-114(92-126(121)129)132(109-41-25-20-26-42-109)111-76-63-100(64-77-111)96-53-68-104(69-54-96)128(5,106-72-57-102(58-73-106)123-91-103-67-84-116(103)117-43-27-28-44-118(117)123)105-70-55-97(56-71-105)101-65-80-113(81-66-101)133(115-83-86-122-120-46-30-32-48-125(120)130(127(122)93-115,89-35-16-12-8-3)90-36-17-13-9-4)112-78-61-99(62-79-112)95-51-49-94(50-52-95)98-59-74-110(75-60-98)131(107-37-21-18-22-38-107)108-39-23-19-24-40-108/h18-32,37-66,68-83,85-86,91-93H,6-17,33-36,67,84,87-90H2,1-5H3. The largest absolute Gasteiger partial charge is 0.311 e. The maximum atomic E-state index is 2.60. The predicted molar refractivity (Wildman–Crippen MR) is 568 cm³/mol. The molecule has 1 atom stereocenters. The minimum absolute atomic E-state index is 0.0160. The molecule has 0 saturated heterocycles. The van der Waals surface area contributed by atoms with E-state index in [2.05, 4.69) is 450 Å². The lowest BCUT2D eigenvalue weighted by Gasteiger charge is -2.34. The Morgan fingerprint density at radius 2 is 0.474 bits per heavy atom. The van der Waals surface area contributed by atoms with E-state index in [1.54, 1.807) is 0 Å². The maximum Gasteiger partial charge on any atom is 0.0465 e. The van der Waals surface area contributed by atoms with Gasteiger partial charge in [0.25, 0.3) is 0 Å². The van der Waals surface area contributed by atoms with Crippen LogP contribution in [-0.4, -0.2) is 0 Å². The Bertz CT molecular complexity index is 6750. The molecule has 20 rings (SSSR count). The van der Waals surface area contributed by atoms with E-state index in [4.69, 9.17) is 0 Å². The summed E-state index contributed by atoms with van der Waals surface area (Å²) >= 11 is 0. The van der Waals surface area contributed by atoms with Gasteiger partial charge < -0.3 is 14.7 Å². The summed E-state index contributed by atoms with van der Waals surface area (Å²) in [7, 11) is 0. The molecule has 133 heavy (non-hydrogen) atoms. The zero-order valence-electron chi connectivity index (χ0n) is 78.5. The lowest BCUT2D eigenvalue weighted by molar-refractivity contribution is 0.401. The zero-order valence-corrected chi connectivity index (χ0v) is 78.5. The molecule has 3 heteroatoms. The Balaban J connectivity index is 0.624. The second-order valence-electron chi connectivity index (χ2n) is 38.2. The first-order chi connectivity index (χ1) is 65.6. The predicted octanol–water partition coefficient (Wildman–Crippen LogP) is 37.5. The fourth-order valence-electron chi connectivity index (χ4n) is 22.9. The highest BCUT2D eigenvalue weighted by atomic mass is 15.2. The number of nitrogens with zero attached hydrogens (tertiary/aromatic N) is 3. The van der Waals surface area contributed by atoms with Crippen LogP contribution in [0.4, 0.5) is 51.2 Å². The van der Waals surface area contributed by atoms with Gasteiger partial charge in [0, 0.05) is 67.4 Å². The van der Waals surface area contributed by atoms with Crippen molar-refractivity contribution in [3.63, 3.8) is 0 Å². The van der Waals surface area contributed by atoms with E-state index in [0.29, 0.717) is 0 Å². The summed E-state index contributed by atoms with van der Waals surface area (Å²) in [6.07, 6.45) is 27.0. The molecule has 1 unspecified atom stereocenters. The summed E-state index contributed by atoms with van der Waals surface area (Å²) in [6, 6.07) is 152. The minimum Gasteiger partial charge on any atom is -0.311 e. The Morgan fingerprint density at radius 1 is 0.211 bits per heavy atom. The van der Waals surface area contributed by atoms with Crippen LogP contribution < -0.4 is 14.7 Å². The van der Waals surface area contributed by atoms with E-state index < -0.39 is 5.41 Å². The van der Waals surface area contributed by atoms with Gasteiger partial charge in [0.15, 0.2) is 0 Å². The third-order valence-corrected chi connectivity index (χ3v) is 30.2. The zero-order chi connectivity index (χ0) is 90.1. The van der Waals surface area contributed by atoms with E-state index in [1.165, 1.54) is 266 Å². The van der Waals surface area contributed by atoms with Crippen molar-refractivity contribution in [3.05, 3.63) is 450 Å². The number of hydrogen-bond acceptors (Lipinski definition) is 3. The van der Waals surface area contributed by atoms with Crippen LogP contribution in [-0.2, 0) is 29.1 Å². The normalized spacial score (nSPS) is 13.4. The minimum atomic E-state index is -0.524.